The van der Waals surface area contributed by atoms with Crippen LogP contribution < -0.4 is 0 Å². The number of non-ortho nitro benzene ring substituents is 1. The largest absolute Gasteiger partial charge is 0.416 e. The number of nitrogens with zero attached hydrogens (tertiary/aromatic N) is 4. The minimum Gasteiger partial charge on any atom is -0.270 e. The monoisotopic (exact) mass is 512 g/mol. The molecule has 0 spiro atoms. The molecule has 0 aliphatic rings. The maximum absolute atomic E-state index is 13.5. The maximum atomic E-state index is 13.5. The van der Waals surface area contributed by atoms with Gasteiger partial charge in [-0.05, 0) is 34.7 Å². The number of hydrogen-bond acceptors (Lipinski definition) is 5. The van der Waals surface area contributed by atoms with Crippen LogP contribution >= 0.6 is 11.8 Å². The van der Waals surface area contributed by atoms with Gasteiger partial charge in [0.2, 0.25) is 0 Å². The number of halogens is 3. The lowest BCUT2D eigenvalue weighted by atomic mass is 9.87. The van der Waals surface area contributed by atoms with Gasteiger partial charge in [-0.25, -0.2) is 0 Å². The molecule has 0 saturated heterocycles. The number of rotatable bonds is 6. The van der Waals surface area contributed by atoms with Crippen molar-refractivity contribution in [3.05, 3.63) is 99.6 Å². The van der Waals surface area contributed by atoms with Crippen LogP contribution in [0.25, 0.3) is 17.1 Å². The molecule has 4 aromatic rings. The average molecular weight is 513 g/mol. The van der Waals surface area contributed by atoms with E-state index < -0.39 is 16.7 Å². The first-order valence-electron chi connectivity index (χ1n) is 11.0. The molecule has 1 aromatic heterocycles. The highest BCUT2D eigenvalue weighted by atomic mass is 32.2. The number of nitro groups is 1. The maximum Gasteiger partial charge on any atom is 0.416 e. The van der Waals surface area contributed by atoms with Crippen molar-refractivity contribution < 1.29 is 18.1 Å². The SMILES string of the molecule is CC(C)(C)c1ccc(-c2nnc(SCc3ccc([N+](=O)[O-])cc3)n2-c2cccc(C(F)(F)F)c2)cc1. The van der Waals surface area contributed by atoms with Crippen LogP contribution in [0.5, 0.6) is 0 Å². The molecule has 0 radical (unpaired) electrons. The molecule has 0 bridgehead atoms. The van der Waals surface area contributed by atoms with Crippen LogP contribution in [0.2, 0.25) is 0 Å². The molecule has 3 aromatic carbocycles. The van der Waals surface area contributed by atoms with Crippen molar-refractivity contribution in [1.82, 2.24) is 14.8 Å². The highest BCUT2D eigenvalue weighted by Crippen LogP contribution is 2.35. The second-order valence-electron chi connectivity index (χ2n) is 9.23. The highest BCUT2D eigenvalue weighted by Gasteiger charge is 2.31. The third-order valence-corrected chi connectivity index (χ3v) is 6.59. The average Bonchev–Trinajstić information content (AvgIpc) is 3.26. The van der Waals surface area contributed by atoms with Gasteiger partial charge in [0, 0.05) is 23.4 Å². The molecule has 0 unspecified atom stereocenters. The van der Waals surface area contributed by atoms with E-state index in [1.54, 1.807) is 22.8 Å². The summed E-state index contributed by atoms with van der Waals surface area (Å²) in [5.74, 6) is 0.818. The molecule has 0 saturated carbocycles. The second kappa shape index (κ2) is 9.77. The van der Waals surface area contributed by atoms with Crippen molar-refractivity contribution in [2.75, 3.05) is 0 Å². The first kappa shape index (κ1) is 25.4. The lowest BCUT2D eigenvalue weighted by Crippen LogP contribution is -2.10. The standard InChI is InChI=1S/C26H23F3N4O2S/c1-25(2,3)19-11-9-18(10-12-19)23-30-31-24(36-16-17-7-13-21(14-8-17)33(34)35)32(23)22-6-4-5-20(15-22)26(27,28)29/h4-15H,16H2,1-3H3. The molecule has 6 nitrogen and oxygen atoms in total. The number of alkyl halides is 3. The van der Waals surface area contributed by atoms with E-state index in [-0.39, 0.29) is 16.8 Å². The second-order valence-corrected chi connectivity index (χ2v) is 10.2. The Morgan fingerprint density at radius 3 is 2.17 bits per heavy atom. The van der Waals surface area contributed by atoms with Crippen molar-refractivity contribution in [3.63, 3.8) is 0 Å². The molecular weight excluding hydrogens is 489 g/mol. The summed E-state index contributed by atoms with van der Waals surface area (Å²) in [6.07, 6.45) is -4.50. The van der Waals surface area contributed by atoms with Gasteiger partial charge in [-0.3, -0.25) is 14.7 Å². The van der Waals surface area contributed by atoms with E-state index in [9.17, 15) is 23.3 Å². The Kier molecular flexibility index (Phi) is 6.90. The van der Waals surface area contributed by atoms with Gasteiger partial charge in [0.05, 0.1) is 16.2 Å². The number of nitro benzene ring substituents is 1. The molecule has 0 amide bonds. The minimum absolute atomic E-state index is 0.0168. The Bertz CT molecular complexity index is 1380. The number of hydrogen-bond donors (Lipinski definition) is 0. The topological polar surface area (TPSA) is 73.8 Å². The number of thioether (sulfide) groups is 1. The van der Waals surface area contributed by atoms with Crippen LogP contribution in [0.1, 0.15) is 37.5 Å². The van der Waals surface area contributed by atoms with Gasteiger partial charge >= 0.3 is 6.18 Å². The van der Waals surface area contributed by atoms with E-state index in [0.717, 1.165) is 28.8 Å². The van der Waals surface area contributed by atoms with Crippen LogP contribution in [-0.4, -0.2) is 19.7 Å². The molecule has 186 valence electrons. The van der Waals surface area contributed by atoms with Crippen molar-refractivity contribution in [1.29, 1.82) is 0 Å². The smallest absolute Gasteiger partial charge is 0.270 e. The van der Waals surface area contributed by atoms with Crippen LogP contribution in [0.3, 0.4) is 0 Å². The van der Waals surface area contributed by atoms with Gasteiger partial charge in [-0.15, -0.1) is 10.2 Å². The van der Waals surface area contributed by atoms with Crippen LogP contribution in [0, 0.1) is 10.1 Å². The molecule has 0 fully saturated rings. The zero-order valence-corrected chi connectivity index (χ0v) is 20.6. The van der Waals surface area contributed by atoms with E-state index in [0.29, 0.717) is 16.7 Å². The van der Waals surface area contributed by atoms with E-state index in [1.165, 1.54) is 30.0 Å². The Hall–Kier alpha value is -3.66. The molecule has 0 aliphatic heterocycles. The van der Waals surface area contributed by atoms with Gasteiger partial charge in [0.15, 0.2) is 11.0 Å². The van der Waals surface area contributed by atoms with Crippen molar-refractivity contribution >= 4 is 17.4 Å². The summed E-state index contributed by atoms with van der Waals surface area (Å²) in [6, 6.07) is 18.9. The van der Waals surface area contributed by atoms with Gasteiger partial charge in [0.1, 0.15) is 0 Å². The van der Waals surface area contributed by atoms with Crippen molar-refractivity contribution in [2.45, 2.75) is 43.3 Å². The van der Waals surface area contributed by atoms with E-state index in [2.05, 4.69) is 31.0 Å². The van der Waals surface area contributed by atoms with Crippen molar-refractivity contribution in [2.24, 2.45) is 0 Å². The summed E-state index contributed by atoms with van der Waals surface area (Å²) < 4.78 is 42.0. The molecule has 0 N–H and O–H groups in total. The lowest BCUT2D eigenvalue weighted by molar-refractivity contribution is -0.384. The van der Waals surface area contributed by atoms with E-state index in [1.807, 2.05) is 24.3 Å². The predicted octanol–water partition coefficient (Wildman–Crippen LogP) is 7.45. The third kappa shape index (κ3) is 5.59. The summed E-state index contributed by atoms with van der Waals surface area (Å²) in [6.45, 7) is 6.29. The molecule has 4 rings (SSSR count). The summed E-state index contributed by atoms with van der Waals surface area (Å²) in [5, 5.41) is 19.9. The summed E-state index contributed by atoms with van der Waals surface area (Å²) >= 11 is 1.28. The van der Waals surface area contributed by atoms with Gasteiger partial charge in [0.25, 0.3) is 5.69 Å². The lowest BCUT2D eigenvalue weighted by Gasteiger charge is -2.19. The van der Waals surface area contributed by atoms with Crippen molar-refractivity contribution in [3.8, 4) is 17.1 Å². The Morgan fingerprint density at radius 1 is 0.917 bits per heavy atom. The summed E-state index contributed by atoms with van der Waals surface area (Å²) in [5.41, 5.74) is 2.08. The first-order chi connectivity index (χ1) is 16.9. The fraction of sp³-hybridized carbons (Fsp3) is 0.231. The quantitative estimate of drug-likeness (QED) is 0.152. The van der Waals surface area contributed by atoms with Gasteiger partial charge in [-0.1, -0.05) is 75.0 Å². The van der Waals surface area contributed by atoms with E-state index >= 15 is 0 Å². The fourth-order valence-corrected chi connectivity index (χ4v) is 4.49. The Morgan fingerprint density at radius 2 is 1.58 bits per heavy atom. The zero-order chi connectivity index (χ0) is 26.1. The first-order valence-corrected chi connectivity index (χ1v) is 12.0. The van der Waals surface area contributed by atoms with Gasteiger partial charge < -0.3 is 0 Å². The number of aromatic nitrogens is 3. The third-order valence-electron chi connectivity index (χ3n) is 5.59. The Balaban J connectivity index is 1.74. The zero-order valence-electron chi connectivity index (χ0n) is 19.8. The molecule has 36 heavy (non-hydrogen) atoms. The summed E-state index contributed by atoms with van der Waals surface area (Å²) in [7, 11) is 0. The molecule has 0 atom stereocenters. The Labute approximate surface area is 210 Å². The van der Waals surface area contributed by atoms with Crippen LogP contribution in [0.4, 0.5) is 18.9 Å². The predicted molar refractivity (Wildman–Crippen MR) is 133 cm³/mol. The van der Waals surface area contributed by atoms with Crippen LogP contribution in [0.15, 0.2) is 78.0 Å². The minimum atomic E-state index is -4.50. The molecular formula is C26H23F3N4O2S. The fourth-order valence-electron chi connectivity index (χ4n) is 3.59. The number of benzene rings is 3. The van der Waals surface area contributed by atoms with E-state index in [4.69, 9.17) is 0 Å². The van der Waals surface area contributed by atoms with Gasteiger partial charge in [-0.2, -0.15) is 13.2 Å². The highest BCUT2D eigenvalue weighted by molar-refractivity contribution is 7.98. The normalized spacial score (nSPS) is 12.1. The van der Waals surface area contributed by atoms with Crippen LogP contribution in [-0.2, 0) is 17.3 Å². The molecule has 0 aliphatic carbocycles. The summed E-state index contributed by atoms with van der Waals surface area (Å²) in [4.78, 5) is 10.4. The molecule has 1 heterocycles. The molecule has 10 heteroatoms.